The molecule has 1 atom stereocenters. The van der Waals surface area contributed by atoms with Crippen LogP contribution in [0.2, 0.25) is 0 Å². The summed E-state index contributed by atoms with van der Waals surface area (Å²) in [7, 11) is 1.77. The Kier molecular flexibility index (Phi) is 5.99. The molecule has 6 nitrogen and oxygen atoms in total. The third-order valence-corrected chi connectivity index (χ3v) is 6.59. The molecule has 0 unspecified atom stereocenters. The number of thiazole rings is 1. The molecule has 1 aliphatic heterocycles. The predicted octanol–water partition coefficient (Wildman–Crippen LogP) is 4.13. The van der Waals surface area contributed by atoms with Crippen LogP contribution in [0.25, 0.3) is 10.2 Å². The number of fused-ring (bicyclic) bond motifs is 1. The van der Waals surface area contributed by atoms with Crippen molar-refractivity contribution >= 4 is 44.2 Å². The number of carbonyl (C=O) groups excluding carboxylic acids is 2. The second-order valence-corrected chi connectivity index (χ2v) is 8.82. The Morgan fingerprint density at radius 3 is 2.87 bits per heavy atom. The first kappa shape index (κ1) is 20.3. The van der Waals surface area contributed by atoms with Gasteiger partial charge in [0.25, 0.3) is 0 Å². The van der Waals surface area contributed by atoms with E-state index in [0.29, 0.717) is 13.1 Å². The van der Waals surface area contributed by atoms with Crippen molar-refractivity contribution in [1.29, 1.82) is 0 Å². The van der Waals surface area contributed by atoms with Crippen LogP contribution < -0.4 is 10.2 Å². The van der Waals surface area contributed by atoms with Crippen molar-refractivity contribution in [3.05, 3.63) is 54.1 Å². The summed E-state index contributed by atoms with van der Waals surface area (Å²) in [5.41, 5.74) is 2.77. The van der Waals surface area contributed by atoms with E-state index in [9.17, 15) is 9.59 Å². The van der Waals surface area contributed by atoms with Gasteiger partial charge in [0.05, 0.1) is 16.1 Å². The topological polar surface area (TPSA) is 65.5 Å². The van der Waals surface area contributed by atoms with E-state index in [1.165, 1.54) is 4.70 Å². The quantitative estimate of drug-likeness (QED) is 0.671. The van der Waals surface area contributed by atoms with Crippen molar-refractivity contribution < 1.29 is 9.59 Å². The van der Waals surface area contributed by atoms with Crippen LogP contribution in [0.4, 0.5) is 10.8 Å². The molecule has 1 aliphatic rings. The van der Waals surface area contributed by atoms with E-state index in [-0.39, 0.29) is 17.7 Å². The van der Waals surface area contributed by atoms with Gasteiger partial charge >= 0.3 is 0 Å². The molecule has 1 fully saturated rings. The zero-order chi connectivity index (χ0) is 21.1. The van der Waals surface area contributed by atoms with Crippen LogP contribution >= 0.6 is 11.3 Å². The lowest BCUT2D eigenvalue weighted by atomic mass is 9.97. The van der Waals surface area contributed by atoms with Crippen LogP contribution in [0.1, 0.15) is 25.3 Å². The molecule has 0 aliphatic carbocycles. The normalized spacial score (nSPS) is 16.5. The standard InChI is InChI=1S/C23H26N4O2S/c1-16(28)26(2)14-17-7-5-9-19(13-17)24-22(29)18-8-6-12-27(15-18)23-25-20-10-3-4-11-21(20)30-23/h3-5,7,9-11,13,18H,6,8,12,14-15H2,1-2H3,(H,24,29)/t18-/m0/s1. The van der Waals surface area contributed by atoms with Gasteiger partial charge in [-0.25, -0.2) is 4.98 Å². The first-order chi connectivity index (χ1) is 14.5. The van der Waals surface area contributed by atoms with E-state index in [0.717, 1.165) is 41.3 Å². The summed E-state index contributed by atoms with van der Waals surface area (Å²) in [6.45, 7) is 3.68. The molecule has 4 rings (SSSR count). The molecule has 156 valence electrons. The number of para-hydroxylation sites is 1. The zero-order valence-corrected chi connectivity index (χ0v) is 18.1. The smallest absolute Gasteiger partial charge is 0.229 e. The fourth-order valence-electron chi connectivity index (χ4n) is 3.74. The molecule has 0 saturated carbocycles. The second kappa shape index (κ2) is 8.83. The van der Waals surface area contributed by atoms with Crippen LogP contribution in [-0.4, -0.2) is 41.8 Å². The Morgan fingerprint density at radius 1 is 1.23 bits per heavy atom. The Hall–Kier alpha value is -2.93. The first-order valence-corrected chi connectivity index (χ1v) is 11.0. The van der Waals surface area contributed by atoms with Crippen molar-refractivity contribution in [2.24, 2.45) is 5.92 Å². The molecule has 2 heterocycles. The van der Waals surface area contributed by atoms with Crippen molar-refractivity contribution in [1.82, 2.24) is 9.88 Å². The van der Waals surface area contributed by atoms with Crippen molar-refractivity contribution in [2.45, 2.75) is 26.3 Å². The van der Waals surface area contributed by atoms with E-state index in [4.69, 9.17) is 4.98 Å². The lowest BCUT2D eigenvalue weighted by Crippen LogP contribution is -2.40. The summed E-state index contributed by atoms with van der Waals surface area (Å²) in [6, 6.07) is 15.8. The predicted molar refractivity (Wildman–Crippen MR) is 122 cm³/mol. The number of aromatic nitrogens is 1. The highest BCUT2D eigenvalue weighted by atomic mass is 32.1. The molecule has 7 heteroatoms. The number of hydrogen-bond donors (Lipinski definition) is 1. The molecule has 1 aromatic heterocycles. The fourth-order valence-corrected chi connectivity index (χ4v) is 4.74. The largest absolute Gasteiger partial charge is 0.347 e. The number of piperidine rings is 1. The van der Waals surface area contributed by atoms with E-state index < -0.39 is 0 Å². The minimum Gasteiger partial charge on any atom is -0.347 e. The highest BCUT2D eigenvalue weighted by Crippen LogP contribution is 2.31. The third kappa shape index (κ3) is 4.62. The Balaban J connectivity index is 1.41. The molecule has 2 aromatic carbocycles. The molecule has 0 radical (unpaired) electrons. The average molecular weight is 423 g/mol. The highest BCUT2D eigenvalue weighted by Gasteiger charge is 2.27. The fraction of sp³-hybridized carbons (Fsp3) is 0.348. The maximum atomic E-state index is 12.9. The van der Waals surface area contributed by atoms with Crippen molar-refractivity contribution in [3.63, 3.8) is 0 Å². The minimum atomic E-state index is -0.0747. The number of nitrogens with one attached hydrogen (secondary N) is 1. The van der Waals surface area contributed by atoms with E-state index >= 15 is 0 Å². The Morgan fingerprint density at radius 2 is 2.07 bits per heavy atom. The Labute approximate surface area is 180 Å². The van der Waals surface area contributed by atoms with Gasteiger partial charge in [-0.2, -0.15) is 0 Å². The van der Waals surface area contributed by atoms with Crippen molar-refractivity contribution in [3.8, 4) is 0 Å². The summed E-state index contributed by atoms with van der Waals surface area (Å²) >= 11 is 1.68. The van der Waals surface area contributed by atoms with Gasteiger partial charge in [0.1, 0.15) is 0 Å². The number of amides is 2. The van der Waals surface area contributed by atoms with Crippen LogP contribution in [-0.2, 0) is 16.1 Å². The summed E-state index contributed by atoms with van der Waals surface area (Å²) in [5, 5.41) is 4.06. The number of rotatable bonds is 5. The van der Waals surface area contributed by atoms with Crippen molar-refractivity contribution in [2.75, 3.05) is 30.4 Å². The molecule has 3 aromatic rings. The van der Waals surface area contributed by atoms with Gasteiger partial charge in [0.2, 0.25) is 11.8 Å². The Bertz CT molecular complexity index is 1030. The molecule has 1 N–H and O–H groups in total. The number of anilines is 2. The SMILES string of the molecule is CC(=O)N(C)Cc1cccc(NC(=O)[C@H]2CCCN(c3nc4ccccc4s3)C2)c1. The highest BCUT2D eigenvalue weighted by molar-refractivity contribution is 7.22. The second-order valence-electron chi connectivity index (χ2n) is 7.81. The van der Waals surface area contributed by atoms with Crippen LogP contribution in [0.3, 0.4) is 0 Å². The van der Waals surface area contributed by atoms with Gasteiger partial charge in [-0.3, -0.25) is 9.59 Å². The summed E-state index contributed by atoms with van der Waals surface area (Å²) in [5.74, 6) is -0.0196. The molecular weight excluding hydrogens is 396 g/mol. The molecule has 0 spiro atoms. The van der Waals surface area contributed by atoms with Crippen LogP contribution in [0.15, 0.2) is 48.5 Å². The van der Waals surface area contributed by atoms with Gasteiger partial charge in [-0.1, -0.05) is 35.6 Å². The lowest BCUT2D eigenvalue weighted by molar-refractivity contribution is -0.128. The maximum Gasteiger partial charge on any atom is 0.229 e. The van der Waals surface area contributed by atoms with E-state index in [1.807, 2.05) is 42.5 Å². The van der Waals surface area contributed by atoms with Gasteiger partial charge < -0.3 is 15.1 Å². The molecular formula is C23H26N4O2S. The van der Waals surface area contributed by atoms with Gasteiger partial charge in [-0.05, 0) is 42.7 Å². The summed E-state index contributed by atoms with van der Waals surface area (Å²) in [4.78, 5) is 33.0. The van der Waals surface area contributed by atoms with Crippen LogP contribution in [0.5, 0.6) is 0 Å². The lowest BCUT2D eigenvalue weighted by Gasteiger charge is -2.31. The zero-order valence-electron chi connectivity index (χ0n) is 17.3. The maximum absolute atomic E-state index is 12.9. The average Bonchev–Trinajstić information content (AvgIpc) is 3.18. The van der Waals surface area contributed by atoms with Crippen LogP contribution in [0, 0.1) is 5.92 Å². The molecule has 0 bridgehead atoms. The number of nitrogens with zero attached hydrogens (tertiary/aromatic N) is 3. The van der Waals surface area contributed by atoms with Gasteiger partial charge in [-0.15, -0.1) is 0 Å². The molecule has 1 saturated heterocycles. The summed E-state index contributed by atoms with van der Waals surface area (Å²) < 4.78 is 1.17. The molecule has 30 heavy (non-hydrogen) atoms. The molecule has 2 amide bonds. The van der Waals surface area contributed by atoms with E-state index in [1.54, 1.807) is 30.2 Å². The monoisotopic (exact) mass is 422 g/mol. The number of benzene rings is 2. The minimum absolute atomic E-state index is 0.0154. The third-order valence-electron chi connectivity index (χ3n) is 5.50. The number of hydrogen-bond acceptors (Lipinski definition) is 5. The summed E-state index contributed by atoms with van der Waals surface area (Å²) in [6.07, 6.45) is 1.84. The van der Waals surface area contributed by atoms with Gasteiger partial charge in [0, 0.05) is 39.3 Å². The van der Waals surface area contributed by atoms with E-state index in [2.05, 4.69) is 16.3 Å². The van der Waals surface area contributed by atoms with Gasteiger partial charge in [0.15, 0.2) is 5.13 Å². The first-order valence-electron chi connectivity index (χ1n) is 10.2. The number of carbonyl (C=O) groups is 2.